The second kappa shape index (κ2) is 3.83. The lowest BCUT2D eigenvalue weighted by Gasteiger charge is -2.00. The van der Waals surface area contributed by atoms with E-state index in [0.717, 1.165) is 11.1 Å². The first-order chi connectivity index (χ1) is 4.59. The summed E-state index contributed by atoms with van der Waals surface area (Å²) >= 11 is 0. The average Bonchev–Trinajstić information content (AvgIpc) is 1.87. The molecule has 1 heteroatoms. The van der Waals surface area contributed by atoms with Crippen LogP contribution in [-0.2, 0) is 0 Å². The molecule has 54 valence electrons. The van der Waals surface area contributed by atoms with Crippen molar-refractivity contribution in [1.82, 2.24) is 0 Å². The molecule has 0 aliphatic carbocycles. The topological polar surface area (TPSA) is 23.9 Å². The van der Waals surface area contributed by atoms with Crippen molar-refractivity contribution >= 4 is 5.71 Å². The lowest BCUT2D eigenvalue weighted by atomic mass is 10.1. The molecule has 0 fully saturated rings. The third-order valence-electron chi connectivity index (χ3n) is 1.19. The minimum atomic E-state index is 0.500. The van der Waals surface area contributed by atoms with Crippen molar-refractivity contribution in [3.05, 3.63) is 36.5 Å². The maximum atomic E-state index is 7.44. The van der Waals surface area contributed by atoms with Crippen LogP contribution in [0, 0.1) is 5.41 Å². The van der Waals surface area contributed by atoms with Gasteiger partial charge in [-0.05, 0) is 25.0 Å². The van der Waals surface area contributed by atoms with Crippen molar-refractivity contribution in [2.75, 3.05) is 0 Å². The number of nitrogens with one attached hydrogen (secondary N) is 1. The van der Waals surface area contributed by atoms with Crippen LogP contribution in [0.5, 0.6) is 0 Å². The lowest BCUT2D eigenvalue weighted by molar-refractivity contribution is 1.41. The van der Waals surface area contributed by atoms with Crippen LogP contribution in [0.15, 0.2) is 36.5 Å². The van der Waals surface area contributed by atoms with Gasteiger partial charge in [0.25, 0.3) is 0 Å². The second-order valence-electron chi connectivity index (χ2n) is 2.24. The highest BCUT2D eigenvalue weighted by Gasteiger charge is 1.96. The van der Waals surface area contributed by atoms with E-state index in [2.05, 4.69) is 13.2 Å². The summed E-state index contributed by atoms with van der Waals surface area (Å²) in [6.07, 6.45) is 3.48. The summed E-state index contributed by atoms with van der Waals surface area (Å²) in [6.45, 7) is 10.9. The van der Waals surface area contributed by atoms with E-state index in [-0.39, 0.29) is 0 Å². The van der Waals surface area contributed by atoms with Gasteiger partial charge in [0.1, 0.15) is 0 Å². The van der Waals surface area contributed by atoms with Crippen LogP contribution >= 0.6 is 0 Å². The van der Waals surface area contributed by atoms with E-state index in [1.54, 1.807) is 12.2 Å². The lowest BCUT2D eigenvalue weighted by Crippen LogP contribution is -1.97. The maximum Gasteiger partial charge on any atom is 0.0592 e. The Balaban J connectivity index is 4.36. The van der Waals surface area contributed by atoms with E-state index in [1.165, 1.54) is 0 Å². The molecule has 1 N–H and O–H groups in total. The number of rotatable bonds is 3. The molecule has 0 aromatic carbocycles. The first-order valence-corrected chi connectivity index (χ1v) is 3.13. The molecule has 0 saturated heterocycles. The summed E-state index contributed by atoms with van der Waals surface area (Å²) in [4.78, 5) is 0. The van der Waals surface area contributed by atoms with Gasteiger partial charge in [0, 0.05) is 0 Å². The molecule has 0 aromatic heterocycles. The SMILES string of the molecule is C=C/C=C(/C)C(=N)C(=C)C. The Morgan fingerprint density at radius 1 is 1.40 bits per heavy atom. The van der Waals surface area contributed by atoms with Gasteiger partial charge in [0.15, 0.2) is 0 Å². The maximum absolute atomic E-state index is 7.44. The van der Waals surface area contributed by atoms with Crippen molar-refractivity contribution in [3.63, 3.8) is 0 Å². The van der Waals surface area contributed by atoms with Gasteiger partial charge in [-0.1, -0.05) is 25.3 Å². The molecule has 0 amide bonds. The summed E-state index contributed by atoms with van der Waals surface area (Å²) in [7, 11) is 0. The van der Waals surface area contributed by atoms with E-state index in [4.69, 9.17) is 5.41 Å². The minimum Gasteiger partial charge on any atom is -0.300 e. The third kappa shape index (κ3) is 2.44. The van der Waals surface area contributed by atoms with Crippen LogP contribution in [0.25, 0.3) is 0 Å². The van der Waals surface area contributed by atoms with Gasteiger partial charge in [0.2, 0.25) is 0 Å². The molecule has 0 heterocycles. The van der Waals surface area contributed by atoms with Crippen LogP contribution < -0.4 is 0 Å². The van der Waals surface area contributed by atoms with Gasteiger partial charge < -0.3 is 5.41 Å². The fraction of sp³-hybridized carbons (Fsp3) is 0.222. The van der Waals surface area contributed by atoms with Gasteiger partial charge in [-0.3, -0.25) is 0 Å². The zero-order valence-electron chi connectivity index (χ0n) is 6.57. The third-order valence-corrected chi connectivity index (χ3v) is 1.19. The smallest absolute Gasteiger partial charge is 0.0592 e. The summed E-state index contributed by atoms with van der Waals surface area (Å²) < 4.78 is 0. The number of allylic oxidation sites excluding steroid dienone is 4. The Hall–Kier alpha value is -1.11. The highest BCUT2D eigenvalue weighted by Crippen LogP contribution is 2.02. The summed E-state index contributed by atoms with van der Waals surface area (Å²) in [6, 6.07) is 0. The standard InChI is InChI=1S/C9H13N/c1-5-6-8(4)9(10)7(2)3/h5-6,10H,1-2H2,3-4H3/b8-6-,10-9?. The van der Waals surface area contributed by atoms with E-state index in [1.807, 2.05) is 13.8 Å². The molecule has 0 spiro atoms. The highest BCUT2D eigenvalue weighted by molar-refractivity contribution is 6.09. The predicted molar refractivity (Wildman–Crippen MR) is 46.5 cm³/mol. The zero-order valence-corrected chi connectivity index (χ0v) is 6.57. The minimum absolute atomic E-state index is 0.500. The fourth-order valence-electron chi connectivity index (χ4n) is 0.597. The van der Waals surface area contributed by atoms with Gasteiger partial charge >= 0.3 is 0 Å². The van der Waals surface area contributed by atoms with Crippen molar-refractivity contribution in [1.29, 1.82) is 5.41 Å². The van der Waals surface area contributed by atoms with Crippen LogP contribution in [0.4, 0.5) is 0 Å². The Morgan fingerprint density at radius 2 is 1.90 bits per heavy atom. The fourth-order valence-corrected chi connectivity index (χ4v) is 0.597. The Labute approximate surface area is 62.3 Å². The Bertz CT molecular complexity index is 197. The van der Waals surface area contributed by atoms with E-state index < -0.39 is 0 Å². The quantitative estimate of drug-likeness (QED) is 0.454. The predicted octanol–water partition coefficient (Wildman–Crippen LogP) is 2.71. The molecule has 0 unspecified atom stereocenters. The van der Waals surface area contributed by atoms with Gasteiger partial charge in [-0.2, -0.15) is 0 Å². The van der Waals surface area contributed by atoms with Crippen LogP contribution in [0.2, 0.25) is 0 Å². The van der Waals surface area contributed by atoms with Crippen molar-refractivity contribution in [2.24, 2.45) is 0 Å². The molecule has 0 radical (unpaired) electrons. The molecule has 0 saturated carbocycles. The highest BCUT2D eigenvalue weighted by atomic mass is 14.4. The summed E-state index contributed by atoms with van der Waals surface area (Å²) in [5.41, 5.74) is 2.19. The molecular formula is C9H13N. The zero-order chi connectivity index (χ0) is 8.15. The molecule has 0 atom stereocenters. The molecule has 1 nitrogen and oxygen atoms in total. The van der Waals surface area contributed by atoms with Crippen LogP contribution in [-0.4, -0.2) is 5.71 Å². The molecule has 0 aliphatic rings. The van der Waals surface area contributed by atoms with Gasteiger partial charge in [-0.15, -0.1) is 0 Å². The largest absolute Gasteiger partial charge is 0.300 e. The molecule has 0 bridgehead atoms. The Kier molecular flexibility index (Phi) is 3.40. The number of hydrogen-bond acceptors (Lipinski definition) is 1. The van der Waals surface area contributed by atoms with Gasteiger partial charge in [-0.25, -0.2) is 0 Å². The van der Waals surface area contributed by atoms with Gasteiger partial charge in [0.05, 0.1) is 5.71 Å². The monoisotopic (exact) mass is 135 g/mol. The molecule has 10 heavy (non-hydrogen) atoms. The summed E-state index contributed by atoms with van der Waals surface area (Å²) in [5.74, 6) is 0. The average molecular weight is 135 g/mol. The summed E-state index contributed by atoms with van der Waals surface area (Å²) in [5, 5.41) is 7.44. The van der Waals surface area contributed by atoms with Crippen molar-refractivity contribution in [3.8, 4) is 0 Å². The van der Waals surface area contributed by atoms with Crippen LogP contribution in [0.1, 0.15) is 13.8 Å². The Morgan fingerprint density at radius 3 is 2.20 bits per heavy atom. The first kappa shape index (κ1) is 8.89. The molecular weight excluding hydrogens is 122 g/mol. The van der Waals surface area contributed by atoms with E-state index in [9.17, 15) is 0 Å². The molecule has 0 rings (SSSR count). The van der Waals surface area contributed by atoms with E-state index in [0.29, 0.717) is 5.71 Å². The molecule has 0 aliphatic heterocycles. The second-order valence-corrected chi connectivity index (χ2v) is 2.24. The molecule has 0 aromatic rings. The van der Waals surface area contributed by atoms with E-state index >= 15 is 0 Å². The number of hydrogen-bond donors (Lipinski definition) is 1. The van der Waals surface area contributed by atoms with Crippen LogP contribution in [0.3, 0.4) is 0 Å². The van der Waals surface area contributed by atoms with Crippen molar-refractivity contribution < 1.29 is 0 Å². The van der Waals surface area contributed by atoms with Crippen molar-refractivity contribution in [2.45, 2.75) is 13.8 Å². The first-order valence-electron chi connectivity index (χ1n) is 3.13. The normalized spacial score (nSPS) is 10.8.